The normalized spacial score (nSPS) is 10.4. The summed E-state index contributed by atoms with van der Waals surface area (Å²) < 4.78 is 4.38. The number of nitrogens with two attached hydrogens (primary N) is 1. The summed E-state index contributed by atoms with van der Waals surface area (Å²) in [7, 11) is 1.31. The number of amides is 1. The van der Waals surface area contributed by atoms with E-state index in [2.05, 4.69) is 20.0 Å². The number of nitrogen functional groups attached to an aromatic ring is 1. The van der Waals surface area contributed by atoms with Crippen LogP contribution in [0.1, 0.15) is 5.69 Å². The molecular weight excluding hydrogens is 184 g/mol. The number of nitrogens with zero attached hydrogens (tertiary/aromatic N) is 1. The van der Waals surface area contributed by atoms with E-state index in [0.717, 1.165) is 5.69 Å². The second kappa shape index (κ2) is 4.90. The van der Waals surface area contributed by atoms with Crippen molar-refractivity contribution >= 4 is 18.1 Å². The van der Waals surface area contributed by atoms with Crippen LogP contribution < -0.4 is 11.1 Å². The number of hydrogen-bond acceptors (Lipinski definition) is 4. The average molecular weight is 196 g/mol. The van der Waals surface area contributed by atoms with E-state index in [4.69, 9.17) is 5.73 Å². The Kier molecular flexibility index (Phi) is 3.54. The summed E-state index contributed by atoms with van der Waals surface area (Å²) >= 11 is 0. The number of imidazole rings is 1. The van der Waals surface area contributed by atoms with Crippen LogP contribution in [-0.2, 0) is 4.74 Å². The molecule has 14 heavy (non-hydrogen) atoms. The molecule has 0 radical (unpaired) electrons. The van der Waals surface area contributed by atoms with Crippen LogP contribution in [0.25, 0.3) is 6.08 Å². The van der Waals surface area contributed by atoms with Crippen LogP contribution in [-0.4, -0.2) is 29.7 Å². The van der Waals surface area contributed by atoms with Gasteiger partial charge in [0.25, 0.3) is 0 Å². The van der Waals surface area contributed by atoms with Crippen molar-refractivity contribution < 1.29 is 9.53 Å². The predicted molar refractivity (Wildman–Crippen MR) is 52.4 cm³/mol. The van der Waals surface area contributed by atoms with E-state index in [0.29, 0.717) is 12.5 Å². The molecule has 6 heteroatoms. The molecule has 0 aliphatic rings. The molecule has 4 N–H and O–H groups in total. The third-order valence-electron chi connectivity index (χ3n) is 1.46. The minimum Gasteiger partial charge on any atom is -0.453 e. The van der Waals surface area contributed by atoms with Gasteiger partial charge in [0.05, 0.1) is 19.0 Å². The van der Waals surface area contributed by atoms with Crippen LogP contribution >= 0.6 is 0 Å². The third-order valence-corrected chi connectivity index (χ3v) is 1.46. The van der Waals surface area contributed by atoms with Crippen molar-refractivity contribution in [1.82, 2.24) is 15.3 Å². The molecular formula is C8H12N4O2. The fraction of sp³-hybridized carbons (Fsp3) is 0.250. The van der Waals surface area contributed by atoms with Crippen molar-refractivity contribution in [2.24, 2.45) is 0 Å². The fourth-order valence-corrected chi connectivity index (χ4v) is 0.837. The number of carbonyl (C=O) groups excluding carboxylic acids is 1. The summed E-state index contributed by atoms with van der Waals surface area (Å²) in [4.78, 5) is 17.2. The Morgan fingerprint density at radius 3 is 3.21 bits per heavy atom. The first-order valence-corrected chi connectivity index (χ1v) is 4.01. The third kappa shape index (κ3) is 3.18. The van der Waals surface area contributed by atoms with Gasteiger partial charge in [-0.15, -0.1) is 0 Å². The van der Waals surface area contributed by atoms with Crippen molar-refractivity contribution in [3.8, 4) is 0 Å². The maximum atomic E-state index is 10.6. The largest absolute Gasteiger partial charge is 0.453 e. The highest BCUT2D eigenvalue weighted by Crippen LogP contribution is 1.99. The van der Waals surface area contributed by atoms with Crippen molar-refractivity contribution in [3.63, 3.8) is 0 Å². The Bertz CT molecular complexity index is 332. The van der Waals surface area contributed by atoms with Gasteiger partial charge in [0, 0.05) is 6.54 Å². The zero-order valence-corrected chi connectivity index (χ0v) is 7.78. The lowest BCUT2D eigenvalue weighted by Crippen LogP contribution is -2.22. The van der Waals surface area contributed by atoms with Crippen molar-refractivity contribution in [2.75, 3.05) is 19.4 Å². The van der Waals surface area contributed by atoms with Crippen LogP contribution in [0, 0.1) is 0 Å². The molecule has 0 aliphatic carbocycles. The highest BCUT2D eigenvalue weighted by Gasteiger charge is 1.93. The zero-order chi connectivity index (χ0) is 10.4. The number of ether oxygens (including phenoxy) is 1. The number of hydrogen-bond donors (Lipinski definition) is 3. The van der Waals surface area contributed by atoms with E-state index in [1.807, 2.05) is 0 Å². The van der Waals surface area contributed by atoms with E-state index < -0.39 is 6.09 Å². The summed E-state index contributed by atoms with van der Waals surface area (Å²) in [5.74, 6) is 0.366. The Morgan fingerprint density at radius 2 is 2.64 bits per heavy atom. The number of alkyl carbamates (subject to hydrolysis) is 1. The Hall–Kier alpha value is -1.98. The summed E-state index contributed by atoms with van der Waals surface area (Å²) in [5, 5.41) is 2.50. The van der Waals surface area contributed by atoms with Crippen LogP contribution in [0.4, 0.5) is 10.7 Å². The Labute approximate surface area is 81.2 Å². The molecule has 0 aliphatic heterocycles. The first kappa shape index (κ1) is 10.1. The number of anilines is 1. The second-order valence-corrected chi connectivity index (χ2v) is 2.50. The van der Waals surface area contributed by atoms with Gasteiger partial charge in [-0.3, -0.25) is 0 Å². The molecule has 6 nitrogen and oxygen atoms in total. The SMILES string of the molecule is COC(=O)NC/C=C/c1cnc(N)[nH]1. The number of aromatic nitrogens is 2. The Balaban J connectivity index is 2.31. The molecule has 1 amide bonds. The molecule has 1 aromatic heterocycles. The highest BCUT2D eigenvalue weighted by molar-refractivity contribution is 5.67. The lowest BCUT2D eigenvalue weighted by molar-refractivity contribution is 0.172. The maximum Gasteiger partial charge on any atom is 0.407 e. The highest BCUT2D eigenvalue weighted by atomic mass is 16.5. The molecule has 76 valence electrons. The quantitative estimate of drug-likeness (QED) is 0.650. The van der Waals surface area contributed by atoms with Gasteiger partial charge >= 0.3 is 6.09 Å². The zero-order valence-electron chi connectivity index (χ0n) is 7.78. The van der Waals surface area contributed by atoms with Gasteiger partial charge in [0.15, 0.2) is 5.95 Å². The summed E-state index contributed by atoms with van der Waals surface area (Å²) in [6.45, 7) is 0.394. The van der Waals surface area contributed by atoms with Gasteiger partial charge in [-0.2, -0.15) is 0 Å². The topological polar surface area (TPSA) is 93.0 Å². The number of aromatic amines is 1. The first-order chi connectivity index (χ1) is 6.72. The predicted octanol–water partition coefficient (Wildman–Crippen LogP) is 0.361. The van der Waals surface area contributed by atoms with E-state index in [9.17, 15) is 4.79 Å². The fourth-order valence-electron chi connectivity index (χ4n) is 0.837. The summed E-state index contributed by atoms with van der Waals surface area (Å²) in [6, 6.07) is 0. The van der Waals surface area contributed by atoms with Crippen LogP contribution in [0.3, 0.4) is 0 Å². The molecule has 0 atom stereocenters. The van der Waals surface area contributed by atoms with Gasteiger partial charge in [-0.1, -0.05) is 6.08 Å². The lowest BCUT2D eigenvalue weighted by Gasteiger charge is -1.97. The van der Waals surface area contributed by atoms with Gasteiger partial charge in [0.2, 0.25) is 0 Å². The monoisotopic (exact) mass is 196 g/mol. The van der Waals surface area contributed by atoms with Crippen molar-refractivity contribution in [3.05, 3.63) is 18.0 Å². The molecule has 0 saturated heterocycles. The molecule has 0 bridgehead atoms. The molecule has 0 fully saturated rings. The van der Waals surface area contributed by atoms with Crippen LogP contribution in [0.15, 0.2) is 12.3 Å². The van der Waals surface area contributed by atoms with Gasteiger partial charge in [-0.05, 0) is 6.08 Å². The minimum atomic E-state index is -0.459. The smallest absolute Gasteiger partial charge is 0.407 e. The molecule has 1 aromatic rings. The maximum absolute atomic E-state index is 10.6. The van der Waals surface area contributed by atoms with Crippen molar-refractivity contribution in [2.45, 2.75) is 0 Å². The second-order valence-electron chi connectivity index (χ2n) is 2.50. The van der Waals surface area contributed by atoms with E-state index in [-0.39, 0.29) is 0 Å². The minimum absolute atomic E-state index is 0.366. The van der Waals surface area contributed by atoms with E-state index >= 15 is 0 Å². The molecule has 1 heterocycles. The van der Waals surface area contributed by atoms with Crippen LogP contribution in [0.2, 0.25) is 0 Å². The van der Waals surface area contributed by atoms with E-state index in [1.54, 1.807) is 18.3 Å². The van der Waals surface area contributed by atoms with Crippen LogP contribution in [0.5, 0.6) is 0 Å². The first-order valence-electron chi connectivity index (χ1n) is 4.01. The number of H-pyrrole nitrogens is 1. The lowest BCUT2D eigenvalue weighted by atomic mass is 10.4. The summed E-state index contributed by atoms with van der Waals surface area (Å²) in [5.41, 5.74) is 6.15. The number of methoxy groups -OCH3 is 1. The number of rotatable bonds is 3. The molecule has 1 rings (SSSR count). The van der Waals surface area contributed by atoms with Crippen molar-refractivity contribution in [1.29, 1.82) is 0 Å². The Morgan fingerprint density at radius 1 is 1.86 bits per heavy atom. The number of nitrogens with one attached hydrogen (secondary N) is 2. The molecule has 0 unspecified atom stereocenters. The summed E-state index contributed by atoms with van der Waals surface area (Å²) in [6.07, 6.45) is 4.66. The standard InChI is InChI=1S/C8H12N4O2/c1-14-8(13)10-4-2-3-6-5-11-7(9)12-6/h2-3,5H,4H2,1H3,(H,10,13)(H3,9,11,12)/b3-2+. The molecule has 0 saturated carbocycles. The molecule has 0 aromatic carbocycles. The molecule has 0 spiro atoms. The number of carbonyl (C=O) groups is 1. The van der Waals surface area contributed by atoms with Gasteiger partial charge in [0.1, 0.15) is 0 Å². The van der Waals surface area contributed by atoms with Gasteiger partial charge < -0.3 is 20.8 Å². The van der Waals surface area contributed by atoms with E-state index in [1.165, 1.54) is 7.11 Å². The average Bonchev–Trinajstić information content (AvgIpc) is 2.58. The van der Waals surface area contributed by atoms with Gasteiger partial charge in [-0.25, -0.2) is 9.78 Å².